The van der Waals surface area contributed by atoms with Gasteiger partial charge in [0.25, 0.3) is 11.8 Å². The summed E-state index contributed by atoms with van der Waals surface area (Å²) in [5, 5.41) is 5.53. The van der Waals surface area contributed by atoms with Gasteiger partial charge >= 0.3 is 0 Å². The largest absolute Gasteiger partial charge is 0.490 e. The molecule has 2 heterocycles. The van der Waals surface area contributed by atoms with Gasteiger partial charge < -0.3 is 25.0 Å². The van der Waals surface area contributed by atoms with E-state index in [2.05, 4.69) is 22.8 Å². The van der Waals surface area contributed by atoms with Crippen molar-refractivity contribution in [2.24, 2.45) is 0 Å². The maximum absolute atomic E-state index is 12.6. The van der Waals surface area contributed by atoms with Gasteiger partial charge in [0.2, 0.25) is 0 Å². The summed E-state index contributed by atoms with van der Waals surface area (Å²) >= 11 is 0. The molecule has 2 atom stereocenters. The van der Waals surface area contributed by atoms with Crippen LogP contribution in [0, 0.1) is 0 Å². The number of carbonyl (C=O) groups excluding carboxylic acids is 2. The Morgan fingerprint density at radius 3 is 2.57 bits per heavy atom. The highest BCUT2D eigenvalue weighted by Gasteiger charge is 2.32. The molecule has 7 heteroatoms. The molecule has 158 valence electrons. The second-order valence-corrected chi connectivity index (χ2v) is 7.74. The first-order valence-electron chi connectivity index (χ1n) is 10.5. The molecule has 0 spiro atoms. The average Bonchev–Trinajstić information content (AvgIpc) is 3.08. The number of anilines is 1. The number of fused-ring (bicyclic) bond motifs is 1. The SMILES string of the molecule is CNC(=O)c1ccc(NC(=O)C[NH+]2CCC[C@H]2c2ccc3c(c2)OCCCO3)cc1. The Kier molecular flexibility index (Phi) is 6.18. The Morgan fingerprint density at radius 1 is 1.03 bits per heavy atom. The summed E-state index contributed by atoms with van der Waals surface area (Å²) in [6.45, 7) is 2.70. The molecule has 0 bridgehead atoms. The van der Waals surface area contributed by atoms with Gasteiger partial charge in [-0.25, -0.2) is 0 Å². The van der Waals surface area contributed by atoms with Crippen molar-refractivity contribution in [3.63, 3.8) is 0 Å². The van der Waals surface area contributed by atoms with Crippen LogP contribution in [0.2, 0.25) is 0 Å². The van der Waals surface area contributed by atoms with Gasteiger partial charge in [-0.2, -0.15) is 0 Å². The van der Waals surface area contributed by atoms with Crippen molar-refractivity contribution >= 4 is 17.5 Å². The minimum absolute atomic E-state index is 0.0288. The van der Waals surface area contributed by atoms with E-state index in [4.69, 9.17) is 9.47 Å². The quantitative estimate of drug-likeness (QED) is 0.699. The fourth-order valence-corrected chi connectivity index (χ4v) is 4.18. The predicted octanol–water partition coefficient (Wildman–Crippen LogP) is 1.57. The van der Waals surface area contributed by atoms with Gasteiger partial charge in [0, 0.05) is 43.1 Å². The lowest BCUT2D eigenvalue weighted by atomic mass is 10.0. The first-order valence-corrected chi connectivity index (χ1v) is 10.5. The molecule has 0 aromatic heterocycles. The van der Waals surface area contributed by atoms with Crippen molar-refractivity contribution in [1.29, 1.82) is 0 Å². The fourth-order valence-electron chi connectivity index (χ4n) is 4.18. The summed E-state index contributed by atoms with van der Waals surface area (Å²) < 4.78 is 11.6. The van der Waals surface area contributed by atoms with Gasteiger partial charge in [-0.05, 0) is 42.5 Å². The maximum atomic E-state index is 12.6. The van der Waals surface area contributed by atoms with Crippen molar-refractivity contribution in [3.8, 4) is 11.5 Å². The van der Waals surface area contributed by atoms with E-state index >= 15 is 0 Å². The number of ether oxygens (including phenoxy) is 2. The van der Waals surface area contributed by atoms with Crippen molar-refractivity contribution in [2.75, 3.05) is 38.7 Å². The number of hydrogen-bond acceptors (Lipinski definition) is 4. The van der Waals surface area contributed by atoms with E-state index in [-0.39, 0.29) is 17.9 Å². The molecule has 2 aromatic carbocycles. The van der Waals surface area contributed by atoms with Gasteiger partial charge in [0.05, 0.1) is 19.8 Å². The summed E-state index contributed by atoms with van der Waals surface area (Å²) in [7, 11) is 1.59. The zero-order valence-corrected chi connectivity index (χ0v) is 17.2. The first-order chi connectivity index (χ1) is 14.6. The second kappa shape index (κ2) is 9.17. The molecule has 1 saturated heterocycles. The number of likely N-dealkylation sites (tertiary alicyclic amines) is 1. The van der Waals surface area contributed by atoms with Crippen LogP contribution in [0.25, 0.3) is 0 Å². The Labute approximate surface area is 176 Å². The van der Waals surface area contributed by atoms with Crippen molar-refractivity contribution < 1.29 is 24.0 Å². The molecule has 0 saturated carbocycles. The van der Waals surface area contributed by atoms with Crippen LogP contribution in [0.5, 0.6) is 11.5 Å². The van der Waals surface area contributed by atoms with E-state index in [9.17, 15) is 9.59 Å². The van der Waals surface area contributed by atoms with Gasteiger partial charge in [-0.1, -0.05) is 0 Å². The highest BCUT2D eigenvalue weighted by atomic mass is 16.5. The minimum atomic E-state index is -0.146. The minimum Gasteiger partial charge on any atom is -0.490 e. The number of hydrogen-bond donors (Lipinski definition) is 3. The smallest absolute Gasteiger partial charge is 0.279 e. The third-order valence-electron chi connectivity index (χ3n) is 5.70. The van der Waals surface area contributed by atoms with Crippen LogP contribution in [0.15, 0.2) is 42.5 Å². The number of carbonyl (C=O) groups is 2. The third kappa shape index (κ3) is 4.57. The summed E-state index contributed by atoms with van der Waals surface area (Å²) in [5.74, 6) is 1.43. The molecule has 0 aliphatic carbocycles. The van der Waals surface area contributed by atoms with E-state index in [1.807, 2.05) is 6.07 Å². The molecule has 1 unspecified atom stereocenters. The third-order valence-corrected chi connectivity index (χ3v) is 5.70. The van der Waals surface area contributed by atoms with Gasteiger partial charge in [0.15, 0.2) is 18.0 Å². The van der Waals surface area contributed by atoms with Crippen molar-refractivity contribution in [1.82, 2.24) is 5.32 Å². The second-order valence-electron chi connectivity index (χ2n) is 7.74. The van der Waals surface area contributed by atoms with E-state index < -0.39 is 0 Å². The number of benzene rings is 2. The van der Waals surface area contributed by atoms with Crippen LogP contribution in [0.4, 0.5) is 5.69 Å². The molecular formula is C23H28N3O4+. The van der Waals surface area contributed by atoms with Crippen LogP contribution in [-0.2, 0) is 4.79 Å². The zero-order valence-electron chi connectivity index (χ0n) is 17.2. The van der Waals surface area contributed by atoms with E-state index in [0.717, 1.165) is 37.3 Å². The topological polar surface area (TPSA) is 81.1 Å². The first kappa shape index (κ1) is 20.2. The number of nitrogens with one attached hydrogen (secondary N) is 3. The summed E-state index contributed by atoms with van der Waals surface area (Å²) in [4.78, 5) is 25.5. The highest BCUT2D eigenvalue weighted by Crippen LogP contribution is 2.33. The fraction of sp³-hybridized carbons (Fsp3) is 0.391. The lowest BCUT2D eigenvalue weighted by Gasteiger charge is -2.22. The molecule has 2 aromatic rings. The molecule has 3 N–H and O–H groups in total. The molecule has 30 heavy (non-hydrogen) atoms. The summed E-state index contributed by atoms with van der Waals surface area (Å²) in [5.41, 5.74) is 2.45. The van der Waals surface area contributed by atoms with Gasteiger partial charge in [0.1, 0.15) is 6.04 Å². The predicted molar refractivity (Wildman–Crippen MR) is 113 cm³/mol. The van der Waals surface area contributed by atoms with E-state index in [1.165, 1.54) is 10.5 Å². The molecule has 0 radical (unpaired) electrons. The molecule has 4 rings (SSSR count). The summed E-state index contributed by atoms with van der Waals surface area (Å²) in [6.07, 6.45) is 3.01. The number of quaternary nitrogens is 1. The Morgan fingerprint density at radius 2 is 1.80 bits per heavy atom. The lowest BCUT2D eigenvalue weighted by Crippen LogP contribution is -3.11. The molecule has 7 nitrogen and oxygen atoms in total. The van der Waals surface area contributed by atoms with Crippen LogP contribution < -0.4 is 25.0 Å². The molecule has 2 aliphatic rings. The van der Waals surface area contributed by atoms with Gasteiger partial charge in [-0.15, -0.1) is 0 Å². The molecule has 2 aliphatic heterocycles. The van der Waals surface area contributed by atoms with E-state index in [0.29, 0.717) is 31.0 Å². The van der Waals surface area contributed by atoms with Crippen LogP contribution in [0.1, 0.15) is 41.2 Å². The normalized spacial score (nSPS) is 20.3. The zero-order chi connectivity index (χ0) is 20.9. The van der Waals surface area contributed by atoms with Crippen molar-refractivity contribution in [3.05, 3.63) is 53.6 Å². The Balaban J connectivity index is 1.40. The van der Waals surface area contributed by atoms with E-state index in [1.54, 1.807) is 31.3 Å². The van der Waals surface area contributed by atoms with Crippen LogP contribution >= 0.6 is 0 Å². The number of rotatable bonds is 5. The summed E-state index contributed by atoms with van der Waals surface area (Å²) in [6, 6.07) is 13.3. The standard InChI is InChI=1S/C23H27N3O4/c1-24-23(28)16-5-8-18(9-6-16)25-22(27)15-26-11-2-4-19(26)17-7-10-20-21(14-17)30-13-3-12-29-20/h5-10,14,19H,2-4,11-13,15H2,1H3,(H,24,28)(H,25,27)/p+1/t19-/m0/s1. The van der Waals surface area contributed by atoms with Crippen molar-refractivity contribution in [2.45, 2.75) is 25.3 Å². The molecular weight excluding hydrogens is 382 g/mol. The molecule has 2 amide bonds. The van der Waals surface area contributed by atoms with Gasteiger partial charge in [-0.3, -0.25) is 9.59 Å². The average molecular weight is 410 g/mol. The Bertz CT molecular complexity index is 913. The number of amides is 2. The van der Waals surface area contributed by atoms with Crippen LogP contribution in [-0.4, -0.2) is 45.2 Å². The Hall–Kier alpha value is -3.06. The molecule has 1 fully saturated rings. The highest BCUT2D eigenvalue weighted by molar-refractivity contribution is 5.95. The monoisotopic (exact) mass is 410 g/mol. The maximum Gasteiger partial charge on any atom is 0.279 e. The van der Waals surface area contributed by atoms with Crippen LogP contribution in [0.3, 0.4) is 0 Å². The lowest BCUT2D eigenvalue weighted by molar-refractivity contribution is -0.910.